The van der Waals surface area contributed by atoms with E-state index < -0.39 is 6.61 Å². The van der Waals surface area contributed by atoms with Crippen molar-refractivity contribution in [1.82, 2.24) is 5.32 Å². The van der Waals surface area contributed by atoms with Crippen LogP contribution in [0.2, 0.25) is 0 Å². The highest BCUT2D eigenvalue weighted by molar-refractivity contribution is 5.77. The first-order chi connectivity index (χ1) is 10.1. The molecular weight excluding hydrogens is 280 g/mol. The first kappa shape index (κ1) is 17.2. The summed E-state index contributed by atoms with van der Waals surface area (Å²) in [6.45, 7) is 1.23. The van der Waals surface area contributed by atoms with Crippen LogP contribution in [0.1, 0.15) is 18.9 Å². The molecule has 0 saturated carbocycles. The maximum atomic E-state index is 12.3. The van der Waals surface area contributed by atoms with Gasteiger partial charge in [-0.15, -0.1) is 0 Å². The van der Waals surface area contributed by atoms with E-state index in [9.17, 15) is 8.78 Å². The average molecular weight is 301 g/mol. The van der Waals surface area contributed by atoms with Gasteiger partial charge in [-0.1, -0.05) is 18.2 Å². The molecule has 0 heterocycles. The van der Waals surface area contributed by atoms with Crippen molar-refractivity contribution in [1.29, 1.82) is 0 Å². The number of ether oxygens (including phenoxy) is 2. The minimum absolute atomic E-state index is 0.111. The third-order valence-corrected chi connectivity index (χ3v) is 2.58. The molecular formula is C14H21F2N3O2. The van der Waals surface area contributed by atoms with Crippen LogP contribution in [-0.2, 0) is 11.3 Å². The number of guanidine groups is 1. The molecule has 0 atom stereocenters. The zero-order valence-electron chi connectivity index (χ0n) is 12.0. The third-order valence-electron chi connectivity index (χ3n) is 2.58. The van der Waals surface area contributed by atoms with Crippen molar-refractivity contribution in [3.05, 3.63) is 29.8 Å². The van der Waals surface area contributed by atoms with E-state index in [1.807, 2.05) is 6.92 Å². The fourth-order valence-electron chi connectivity index (χ4n) is 1.61. The van der Waals surface area contributed by atoms with Gasteiger partial charge in [0.15, 0.2) is 5.96 Å². The molecule has 0 aliphatic rings. The number of nitrogens with two attached hydrogens (primary N) is 1. The lowest BCUT2D eigenvalue weighted by atomic mass is 10.2. The van der Waals surface area contributed by atoms with Crippen molar-refractivity contribution < 1.29 is 18.3 Å². The summed E-state index contributed by atoms with van der Waals surface area (Å²) >= 11 is 0. The van der Waals surface area contributed by atoms with Gasteiger partial charge in [0, 0.05) is 25.3 Å². The molecule has 0 radical (unpaired) electrons. The molecule has 0 fully saturated rings. The molecule has 0 aliphatic heterocycles. The summed E-state index contributed by atoms with van der Waals surface area (Å²) in [6, 6.07) is 6.50. The topological polar surface area (TPSA) is 68.9 Å². The van der Waals surface area contributed by atoms with Crippen LogP contribution in [0, 0.1) is 0 Å². The van der Waals surface area contributed by atoms with E-state index in [4.69, 9.17) is 10.5 Å². The summed E-state index contributed by atoms with van der Waals surface area (Å²) in [6.07, 6.45) is 0.815. The summed E-state index contributed by atoms with van der Waals surface area (Å²) in [5.74, 6) is 0.374. The van der Waals surface area contributed by atoms with E-state index in [0.29, 0.717) is 25.3 Å². The Morgan fingerprint density at radius 3 is 2.86 bits per heavy atom. The third kappa shape index (κ3) is 7.45. The molecule has 21 heavy (non-hydrogen) atoms. The van der Waals surface area contributed by atoms with Crippen LogP contribution in [0.4, 0.5) is 8.78 Å². The Hall–Kier alpha value is -1.89. The van der Waals surface area contributed by atoms with Crippen LogP contribution in [0.15, 0.2) is 29.3 Å². The molecule has 0 spiro atoms. The van der Waals surface area contributed by atoms with Crippen molar-refractivity contribution in [3.63, 3.8) is 0 Å². The van der Waals surface area contributed by atoms with E-state index in [1.54, 1.807) is 18.2 Å². The SMILES string of the molecule is CCOCCCNC(N)=NCc1ccccc1OC(F)F. The summed E-state index contributed by atoms with van der Waals surface area (Å²) < 4.78 is 34.1. The number of alkyl halides is 2. The lowest BCUT2D eigenvalue weighted by molar-refractivity contribution is -0.0504. The van der Waals surface area contributed by atoms with Crippen LogP contribution >= 0.6 is 0 Å². The fraction of sp³-hybridized carbons (Fsp3) is 0.500. The van der Waals surface area contributed by atoms with Crippen LogP contribution in [-0.4, -0.2) is 32.3 Å². The predicted octanol–water partition coefficient (Wildman–Crippen LogP) is 2.12. The number of hydrogen-bond donors (Lipinski definition) is 2. The van der Waals surface area contributed by atoms with Crippen LogP contribution in [0.25, 0.3) is 0 Å². The van der Waals surface area contributed by atoms with Gasteiger partial charge in [0.1, 0.15) is 5.75 Å². The molecule has 0 amide bonds. The molecule has 0 unspecified atom stereocenters. The van der Waals surface area contributed by atoms with Crippen LogP contribution < -0.4 is 15.8 Å². The lowest BCUT2D eigenvalue weighted by Gasteiger charge is -2.09. The van der Waals surface area contributed by atoms with Crippen molar-refractivity contribution in [2.75, 3.05) is 19.8 Å². The molecule has 0 saturated heterocycles. The predicted molar refractivity (Wildman–Crippen MR) is 77.5 cm³/mol. The fourth-order valence-corrected chi connectivity index (χ4v) is 1.61. The van der Waals surface area contributed by atoms with Crippen LogP contribution in [0.5, 0.6) is 5.75 Å². The quantitative estimate of drug-likeness (QED) is 0.416. The number of benzene rings is 1. The zero-order chi connectivity index (χ0) is 15.5. The van der Waals surface area contributed by atoms with Gasteiger partial charge in [-0.2, -0.15) is 8.78 Å². The highest BCUT2D eigenvalue weighted by Crippen LogP contribution is 2.20. The summed E-state index contributed by atoms with van der Waals surface area (Å²) in [7, 11) is 0. The molecule has 5 nitrogen and oxygen atoms in total. The first-order valence-corrected chi connectivity index (χ1v) is 6.77. The average Bonchev–Trinajstić information content (AvgIpc) is 2.45. The number of hydrogen-bond acceptors (Lipinski definition) is 3. The van der Waals surface area contributed by atoms with Gasteiger partial charge in [-0.3, -0.25) is 0 Å². The highest BCUT2D eigenvalue weighted by Gasteiger charge is 2.08. The maximum absolute atomic E-state index is 12.3. The van der Waals surface area contributed by atoms with Crippen molar-refractivity contribution in [2.24, 2.45) is 10.7 Å². The van der Waals surface area contributed by atoms with Gasteiger partial charge in [-0.05, 0) is 19.4 Å². The Balaban J connectivity index is 2.43. The number of para-hydroxylation sites is 1. The molecule has 3 N–H and O–H groups in total. The Morgan fingerprint density at radius 2 is 2.14 bits per heavy atom. The van der Waals surface area contributed by atoms with E-state index in [0.717, 1.165) is 6.42 Å². The van der Waals surface area contributed by atoms with Crippen LogP contribution in [0.3, 0.4) is 0 Å². The molecule has 0 aliphatic carbocycles. The summed E-state index contributed by atoms with van der Waals surface area (Å²) in [5, 5.41) is 2.93. The number of nitrogens with zero attached hydrogens (tertiary/aromatic N) is 1. The second-order valence-corrected chi connectivity index (χ2v) is 4.16. The number of rotatable bonds is 9. The molecule has 0 bridgehead atoms. The minimum Gasteiger partial charge on any atom is -0.434 e. The maximum Gasteiger partial charge on any atom is 0.387 e. The number of nitrogens with one attached hydrogen (secondary N) is 1. The van der Waals surface area contributed by atoms with Gasteiger partial charge >= 0.3 is 6.61 Å². The van der Waals surface area contributed by atoms with E-state index in [2.05, 4.69) is 15.0 Å². The van der Waals surface area contributed by atoms with Crippen molar-refractivity contribution in [2.45, 2.75) is 26.5 Å². The zero-order valence-corrected chi connectivity index (χ0v) is 12.0. The van der Waals surface area contributed by atoms with Gasteiger partial charge in [0.05, 0.1) is 6.54 Å². The molecule has 7 heteroatoms. The summed E-state index contributed by atoms with van der Waals surface area (Å²) in [4.78, 5) is 4.10. The Morgan fingerprint density at radius 1 is 1.38 bits per heavy atom. The Labute approximate surface area is 123 Å². The van der Waals surface area contributed by atoms with Crippen molar-refractivity contribution >= 4 is 5.96 Å². The normalized spacial score (nSPS) is 11.7. The monoisotopic (exact) mass is 301 g/mol. The number of aliphatic imine (C=N–C) groups is 1. The molecule has 118 valence electrons. The number of halogens is 2. The van der Waals surface area contributed by atoms with E-state index in [1.165, 1.54) is 6.07 Å². The first-order valence-electron chi connectivity index (χ1n) is 6.77. The smallest absolute Gasteiger partial charge is 0.387 e. The Kier molecular flexibility index (Phi) is 8.11. The van der Waals surface area contributed by atoms with E-state index >= 15 is 0 Å². The minimum atomic E-state index is -2.86. The second-order valence-electron chi connectivity index (χ2n) is 4.16. The molecule has 0 aromatic heterocycles. The largest absolute Gasteiger partial charge is 0.434 e. The van der Waals surface area contributed by atoms with E-state index in [-0.39, 0.29) is 18.3 Å². The van der Waals surface area contributed by atoms with Gasteiger partial charge in [0.25, 0.3) is 0 Å². The van der Waals surface area contributed by atoms with Gasteiger partial charge < -0.3 is 20.5 Å². The molecule has 1 aromatic carbocycles. The molecule has 1 rings (SSSR count). The van der Waals surface area contributed by atoms with Gasteiger partial charge in [0.2, 0.25) is 0 Å². The lowest BCUT2D eigenvalue weighted by Crippen LogP contribution is -2.32. The Bertz CT molecular complexity index is 442. The van der Waals surface area contributed by atoms with Gasteiger partial charge in [-0.25, -0.2) is 4.99 Å². The highest BCUT2D eigenvalue weighted by atomic mass is 19.3. The standard InChI is InChI=1S/C14H21F2N3O2/c1-2-20-9-5-8-18-14(17)19-10-11-6-3-4-7-12(11)21-13(15)16/h3-4,6-7,13H,2,5,8-10H2,1H3,(H3,17,18,19). The summed E-state index contributed by atoms with van der Waals surface area (Å²) in [5.41, 5.74) is 6.25. The second kappa shape index (κ2) is 9.93. The van der Waals surface area contributed by atoms with Crippen molar-refractivity contribution in [3.8, 4) is 5.75 Å². The molecule has 1 aromatic rings.